The van der Waals surface area contributed by atoms with Gasteiger partial charge in [-0.25, -0.2) is 0 Å². The Morgan fingerprint density at radius 1 is 0.833 bits per heavy atom. The Balaban J connectivity index is 1.87. The predicted molar refractivity (Wildman–Crippen MR) is 102 cm³/mol. The summed E-state index contributed by atoms with van der Waals surface area (Å²) in [5.41, 5.74) is 1.74. The normalized spacial score (nSPS) is 11.9. The highest BCUT2D eigenvalue weighted by Gasteiger charge is 2.20. The third-order valence-corrected chi connectivity index (χ3v) is 5.33. The average molecular weight is 353 g/mol. The Morgan fingerprint density at radius 3 is 2.08 bits per heavy atom. The summed E-state index contributed by atoms with van der Waals surface area (Å²) in [5.74, 6) is 0.129. The molecule has 0 aliphatic carbocycles. The number of Topliss-reactive ketones (excluding diaryl/α,β-unsaturated/α-hetero) is 1. The molecule has 0 saturated heterocycles. The maximum absolute atomic E-state index is 12.7. The number of thioether (sulfide) groups is 1. The largest absolute Gasteiger partial charge is 0.294 e. The number of carbonyl (C=O) groups excluding carboxylic acids is 1. The lowest BCUT2D eigenvalue weighted by molar-refractivity contribution is 0.0982. The van der Waals surface area contributed by atoms with Gasteiger partial charge in [0.2, 0.25) is 0 Å². The first kappa shape index (κ1) is 16.8. The molecule has 0 amide bonds. The first-order valence-corrected chi connectivity index (χ1v) is 9.04. The van der Waals surface area contributed by atoms with E-state index in [1.807, 2.05) is 72.8 Å². The zero-order chi connectivity index (χ0) is 16.8. The predicted octanol–water partition coefficient (Wildman–Crippen LogP) is 6.45. The second-order valence-electron chi connectivity index (χ2n) is 5.43. The van der Waals surface area contributed by atoms with E-state index in [1.165, 1.54) is 0 Å². The van der Waals surface area contributed by atoms with Gasteiger partial charge in [-0.2, -0.15) is 0 Å². The van der Waals surface area contributed by atoms with Crippen molar-refractivity contribution in [2.75, 3.05) is 0 Å². The van der Waals surface area contributed by atoms with Crippen molar-refractivity contribution in [1.29, 1.82) is 0 Å². The molecule has 24 heavy (non-hydrogen) atoms. The average Bonchev–Trinajstić information content (AvgIpc) is 2.63. The molecule has 3 aromatic carbocycles. The molecule has 0 aliphatic heterocycles. The van der Waals surface area contributed by atoms with Gasteiger partial charge in [0.25, 0.3) is 0 Å². The molecule has 1 nitrogen and oxygen atoms in total. The first-order chi connectivity index (χ1) is 11.7. The van der Waals surface area contributed by atoms with Crippen LogP contribution in [0, 0.1) is 0 Å². The Hall–Kier alpha value is -2.03. The minimum atomic E-state index is -0.0196. The second-order valence-corrected chi connectivity index (χ2v) is 7.12. The van der Waals surface area contributed by atoms with Crippen molar-refractivity contribution in [2.24, 2.45) is 0 Å². The maximum Gasteiger partial charge on any atom is 0.164 e. The quantitative estimate of drug-likeness (QED) is 0.374. The Kier molecular flexibility index (Phi) is 5.73. The van der Waals surface area contributed by atoms with E-state index in [1.54, 1.807) is 11.8 Å². The Morgan fingerprint density at radius 2 is 1.42 bits per heavy atom. The van der Waals surface area contributed by atoms with E-state index in [0.717, 1.165) is 16.0 Å². The van der Waals surface area contributed by atoms with Gasteiger partial charge < -0.3 is 0 Å². The molecule has 0 bridgehead atoms. The van der Waals surface area contributed by atoms with E-state index in [-0.39, 0.29) is 11.0 Å². The van der Waals surface area contributed by atoms with Crippen molar-refractivity contribution in [2.45, 2.75) is 16.6 Å². The van der Waals surface area contributed by atoms with E-state index >= 15 is 0 Å². The summed E-state index contributed by atoms with van der Waals surface area (Å²) >= 11 is 8.06. The van der Waals surface area contributed by atoms with Gasteiger partial charge in [-0.1, -0.05) is 78.3 Å². The summed E-state index contributed by atoms with van der Waals surface area (Å²) in [6, 6.07) is 27.3. The lowest BCUT2D eigenvalue weighted by Gasteiger charge is -2.18. The van der Waals surface area contributed by atoms with Gasteiger partial charge in [0.1, 0.15) is 0 Å². The summed E-state index contributed by atoms with van der Waals surface area (Å²) < 4.78 is 0. The third-order valence-electron chi connectivity index (χ3n) is 3.74. The van der Waals surface area contributed by atoms with Crippen molar-refractivity contribution < 1.29 is 4.79 Å². The van der Waals surface area contributed by atoms with E-state index in [2.05, 4.69) is 12.1 Å². The van der Waals surface area contributed by atoms with Gasteiger partial charge >= 0.3 is 0 Å². The summed E-state index contributed by atoms with van der Waals surface area (Å²) in [6.07, 6.45) is 0.410. The van der Waals surface area contributed by atoms with Crippen molar-refractivity contribution in [1.82, 2.24) is 0 Å². The fraction of sp³-hybridized carbons (Fsp3) is 0.0952. The lowest BCUT2D eigenvalue weighted by Crippen LogP contribution is -2.06. The molecule has 3 aromatic rings. The van der Waals surface area contributed by atoms with Crippen molar-refractivity contribution in [3.8, 4) is 0 Å². The van der Waals surface area contributed by atoms with Crippen LogP contribution in [0.2, 0.25) is 5.02 Å². The first-order valence-electron chi connectivity index (χ1n) is 7.78. The van der Waals surface area contributed by atoms with E-state index in [9.17, 15) is 4.79 Å². The molecule has 0 aromatic heterocycles. The molecule has 120 valence electrons. The molecule has 0 heterocycles. The highest BCUT2D eigenvalue weighted by atomic mass is 35.5. The van der Waals surface area contributed by atoms with Gasteiger partial charge in [0.15, 0.2) is 5.78 Å². The SMILES string of the molecule is O=C(CC(Sc1ccccc1)c1ccccc1Cl)c1ccccc1. The number of benzene rings is 3. The number of rotatable bonds is 6. The highest BCUT2D eigenvalue weighted by Crippen LogP contribution is 2.41. The Labute approximate surface area is 151 Å². The van der Waals surface area contributed by atoms with Crippen LogP contribution >= 0.6 is 23.4 Å². The van der Waals surface area contributed by atoms with Crippen LogP contribution in [0.3, 0.4) is 0 Å². The lowest BCUT2D eigenvalue weighted by atomic mass is 10.0. The fourth-order valence-corrected chi connectivity index (χ4v) is 4.07. The minimum absolute atomic E-state index is 0.0196. The summed E-state index contributed by atoms with van der Waals surface area (Å²) in [4.78, 5) is 13.8. The molecule has 0 fully saturated rings. The molecule has 0 N–H and O–H groups in total. The topological polar surface area (TPSA) is 17.1 Å². The second kappa shape index (κ2) is 8.18. The fourth-order valence-electron chi connectivity index (χ4n) is 2.52. The summed E-state index contributed by atoms with van der Waals surface area (Å²) in [5, 5.41) is 0.681. The van der Waals surface area contributed by atoms with Crippen molar-refractivity contribution in [3.63, 3.8) is 0 Å². The molecule has 0 saturated carbocycles. The molecular formula is C21H17ClOS. The molecule has 0 spiro atoms. The maximum atomic E-state index is 12.7. The van der Waals surface area contributed by atoms with Gasteiger partial charge in [0.05, 0.1) is 0 Å². The van der Waals surface area contributed by atoms with Crippen molar-refractivity contribution in [3.05, 3.63) is 101 Å². The summed E-state index contributed by atoms with van der Waals surface area (Å²) in [6.45, 7) is 0. The zero-order valence-electron chi connectivity index (χ0n) is 13.1. The summed E-state index contributed by atoms with van der Waals surface area (Å²) in [7, 11) is 0. The van der Waals surface area contributed by atoms with Crippen LogP contribution in [0.4, 0.5) is 0 Å². The molecule has 3 rings (SSSR count). The number of halogens is 1. The van der Waals surface area contributed by atoms with E-state index < -0.39 is 0 Å². The van der Waals surface area contributed by atoms with Crippen molar-refractivity contribution >= 4 is 29.1 Å². The smallest absolute Gasteiger partial charge is 0.164 e. The zero-order valence-corrected chi connectivity index (χ0v) is 14.6. The molecule has 0 radical (unpaired) electrons. The van der Waals surface area contributed by atoms with Crippen LogP contribution in [0.5, 0.6) is 0 Å². The number of hydrogen-bond donors (Lipinski definition) is 0. The van der Waals surface area contributed by atoms with Gasteiger partial charge in [0, 0.05) is 27.2 Å². The third kappa shape index (κ3) is 4.28. The Bertz CT molecular complexity index is 802. The molecular weight excluding hydrogens is 336 g/mol. The molecule has 1 atom stereocenters. The molecule has 0 aliphatic rings. The van der Waals surface area contributed by atoms with Gasteiger partial charge in [-0.15, -0.1) is 11.8 Å². The number of ketones is 1. The number of hydrogen-bond acceptors (Lipinski definition) is 2. The van der Waals surface area contributed by atoms with Crippen LogP contribution in [-0.2, 0) is 0 Å². The molecule has 3 heteroatoms. The van der Waals surface area contributed by atoms with Crippen LogP contribution in [0.15, 0.2) is 89.8 Å². The van der Waals surface area contributed by atoms with E-state index in [0.29, 0.717) is 11.4 Å². The monoisotopic (exact) mass is 352 g/mol. The highest BCUT2D eigenvalue weighted by molar-refractivity contribution is 7.99. The van der Waals surface area contributed by atoms with Crippen LogP contribution < -0.4 is 0 Å². The standard InChI is InChI=1S/C21H17ClOS/c22-19-14-8-7-13-18(19)21(24-17-11-5-2-6-12-17)15-20(23)16-9-3-1-4-10-16/h1-14,21H,15H2. The van der Waals surface area contributed by atoms with Crippen LogP contribution in [0.1, 0.15) is 27.6 Å². The van der Waals surface area contributed by atoms with Gasteiger partial charge in [-0.3, -0.25) is 4.79 Å². The number of carbonyl (C=O) groups is 1. The van der Waals surface area contributed by atoms with Crippen LogP contribution in [-0.4, -0.2) is 5.78 Å². The minimum Gasteiger partial charge on any atom is -0.294 e. The van der Waals surface area contributed by atoms with Crippen LogP contribution in [0.25, 0.3) is 0 Å². The van der Waals surface area contributed by atoms with Gasteiger partial charge in [-0.05, 0) is 23.8 Å². The molecule has 1 unspecified atom stereocenters. The van der Waals surface area contributed by atoms with E-state index in [4.69, 9.17) is 11.6 Å².